The molecule has 0 atom stereocenters. The van der Waals surface area contributed by atoms with E-state index in [0.717, 1.165) is 12.0 Å². The van der Waals surface area contributed by atoms with Crippen LogP contribution in [0.25, 0.3) is 11.5 Å². The smallest absolute Gasteiger partial charge is 0.255 e. The second kappa shape index (κ2) is 9.02. The summed E-state index contributed by atoms with van der Waals surface area (Å²) in [7, 11) is 0. The molecule has 0 N–H and O–H groups in total. The number of carbonyl (C=O) groups is 2. The van der Waals surface area contributed by atoms with E-state index in [1.807, 2.05) is 23.8 Å². The van der Waals surface area contributed by atoms with Crippen LogP contribution in [0.4, 0.5) is 0 Å². The molecule has 2 amide bonds. The van der Waals surface area contributed by atoms with Crippen LogP contribution in [0.1, 0.15) is 28.2 Å². The fourth-order valence-corrected chi connectivity index (χ4v) is 4.38. The summed E-state index contributed by atoms with van der Waals surface area (Å²) in [4.78, 5) is 33.8. The fraction of sp³-hybridized carbons (Fsp3) is 0.318. The zero-order chi connectivity index (χ0) is 21.1. The first kappa shape index (κ1) is 20.6. The second-order valence-corrected chi connectivity index (χ2v) is 8.40. The van der Waals surface area contributed by atoms with Crippen LogP contribution in [0.3, 0.4) is 0 Å². The number of amides is 2. The average molecular weight is 444 g/mol. The molecule has 1 saturated heterocycles. The molecule has 1 aliphatic heterocycles. The number of hydrogen-bond acceptors (Lipinski definition) is 5. The Morgan fingerprint density at radius 1 is 1.13 bits per heavy atom. The number of rotatable bonds is 4. The van der Waals surface area contributed by atoms with Gasteiger partial charge < -0.3 is 14.2 Å². The van der Waals surface area contributed by atoms with Crippen molar-refractivity contribution < 1.29 is 14.0 Å². The summed E-state index contributed by atoms with van der Waals surface area (Å²) >= 11 is 7.75. The molecule has 30 heavy (non-hydrogen) atoms. The number of aryl methyl sites for hydroxylation is 1. The van der Waals surface area contributed by atoms with Crippen LogP contribution in [0, 0.1) is 6.92 Å². The van der Waals surface area contributed by atoms with Crippen molar-refractivity contribution in [1.29, 1.82) is 0 Å². The lowest BCUT2D eigenvalue weighted by molar-refractivity contribution is -0.130. The SMILES string of the molecule is Cc1oc(-c2ccsc2)nc1CC(=O)N1CCCN(C(=O)c2ccccc2Cl)CC1. The van der Waals surface area contributed by atoms with Crippen LogP contribution < -0.4 is 0 Å². The number of halogens is 1. The molecule has 1 aliphatic rings. The standard InChI is InChI=1S/C22H22ClN3O3S/c1-15-19(24-21(29-15)16-7-12-30-14-16)13-20(27)25-8-4-9-26(11-10-25)22(28)17-5-2-3-6-18(17)23/h2-3,5-7,12,14H,4,8-11,13H2,1H3. The van der Waals surface area contributed by atoms with Crippen LogP contribution in [-0.2, 0) is 11.2 Å². The van der Waals surface area contributed by atoms with E-state index in [2.05, 4.69) is 4.98 Å². The molecule has 6 nitrogen and oxygen atoms in total. The molecule has 1 aromatic carbocycles. The first-order valence-electron chi connectivity index (χ1n) is 9.83. The number of benzene rings is 1. The van der Waals surface area contributed by atoms with Crippen molar-refractivity contribution >= 4 is 34.8 Å². The third kappa shape index (κ3) is 4.42. The minimum Gasteiger partial charge on any atom is -0.441 e. The normalized spacial score (nSPS) is 14.6. The Labute approximate surface area is 184 Å². The minimum absolute atomic E-state index is 0.00434. The maximum Gasteiger partial charge on any atom is 0.255 e. The molecule has 3 heterocycles. The number of oxazole rings is 1. The van der Waals surface area contributed by atoms with Crippen LogP contribution in [0.2, 0.25) is 5.02 Å². The summed E-state index contributed by atoms with van der Waals surface area (Å²) < 4.78 is 5.74. The second-order valence-electron chi connectivity index (χ2n) is 7.22. The van der Waals surface area contributed by atoms with Crippen LogP contribution in [-0.4, -0.2) is 52.8 Å². The van der Waals surface area contributed by atoms with E-state index in [1.54, 1.807) is 45.4 Å². The van der Waals surface area contributed by atoms with Gasteiger partial charge in [-0.05, 0) is 36.9 Å². The molecule has 156 valence electrons. The number of nitrogens with zero attached hydrogens (tertiary/aromatic N) is 3. The zero-order valence-electron chi connectivity index (χ0n) is 16.6. The topological polar surface area (TPSA) is 66.7 Å². The third-order valence-electron chi connectivity index (χ3n) is 5.22. The van der Waals surface area contributed by atoms with Gasteiger partial charge in [0.2, 0.25) is 11.8 Å². The van der Waals surface area contributed by atoms with Gasteiger partial charge in [0, 0.05) is 37.1 Å². The maximum absolute atomic E-state index is 12.9. The number of carbonyl (C=O) groups excluding carboxylic acids is 2. The largest absolute Gasteiger partial charge is 0.441 e. The predicted octanol–water partition coefficient (Wildman–Crippen LogP) is 4.28. The Morgan fingerprint density at radius 2 is 1.90 bits per heavy atom. The highest BCUT2D eigenvalue weighted by Crippen LogP contribution is 2.24. The summed E-state index contributed by atoms with van der Waals surface area (Å²) in [5.74, 6) is 1.11. The van der Waals surface area contributed by atoms with Gasteiger partial charge in [0.25, 0.3) is 5.91 Å². The van der Waals surface area contributed by atoms with Gasteiger partial charge in [0.1, 0.15) is 5.76 Å². The summed E-state index contributed by atoms with van der Waals surface area (Å²) in [6.07, 6.45) is 0.914. The average Bonchev–Trinajstić information content (AvgIpc) is 3.32. The Balaban J connectivity index is 1.39. The third-order valence-corrected chi connectivity index (χ3v) is 6.23. The molecule has 0 radical (unpaired) electrons. The van der Waals surface area contributed by atoms with E-state index in [9.17, 15) is 9.59 Å². The van der Waals surface area contributed by atoms with E-state index >= 15 is 0 Å². The Hall–Kier alpha value is -2.64. The zero-order valence-corrected chi connectivity index (χ0v) is 18.2. The Kier molecular flexibility index (Phi) is 6.20. The van der Waals surface area contributed by atoms with Crippen LogP contribution in [0.15, 0.2) is 45.5 Å². The van der Waals surface area contributed by atoms with Crippen molar-refractivity contribution in [2.24, 2.45) is 0 Å². The number of thiophene rings is 1. The van der Waals surface area contributed by atoms with Crippen molar-refractivity contribution in [2.45, 2.75) is 19.8 Å². The molecule has 0 unspecified atom stereocenters. The molecule has 8 heteroatoms. The summed E-state index contributed by atoms with van der Waals surface area (Å²) in [5, 5.41) is 4.38. The van der Waals surface area contributed by atoms with Gasteiger partial charge in [0.15, 0.2) is 0 Å². The van der Waals surface area contributed by atoms with E-state index in [0.29, 0.717) is 54.1 Å². The molecular weight excluding hydrogens is 422 g/mol. The van der Waals surface area contributed by atoms with E-state index < -0.39 is 0 Å². The van der Waals surface area contributed by atoms with Crippen molar-refractivity contribution in [2.75, 3.05) is 26.2 Å². The van der Waals surface area contributed by atoms with Crippen molar-refractivity contribution in [3.8, 4) is 11.5 Å². The minimum atomic E-state index is -0.0948. The highest BCUT2D eigenvalue weighted by molar-refractivity contribution is 7.08. The van der Waals surface area contributed by atoms with Gasteiger partial charge in [-0.3, -0.25) is 9.59 Å². The van der Waals surface area contributed by atoms with Gasteiger partial charge >= 0.3 is 0 Å². The summed E-state index contributed by atoms with van der Waals surface area (Å²) in [5.41, 5.74) is 2.08. The highest BCUT2D eigenvalue weighted by Gasteiger charge is 2.25. The first-order chi connectivity index (χ1) is 14.5. The lowest BCUT2D eigenvalue weighted by Crippen LogP contribution is -2.38. The Bertz CT molecular complexity index is 1050. The van der Waals surface area contributed by atoms with E-state index in [4.69, 9.17) is 16.0 Å². The molecule has 0 spiro atoms. The fourth-order valence-electron chi connectivity index (χ4n) is 3.53. The molecule has 4 rings (SSSR count). The van der Waals surface area contributed by atoms with Gasteiger partial charge in [0.05, 0.1) is 22.7 Å². The van der Waals surface area contributed by atoms with Crippen molar-refractivity contribution in [1.82, 2.24) is 14.8 Å². The van der Waals surface area contributed by atoms with Crippen LogP contribution in [0.5, 0.6) is 0 Å². The summed E-state index contributed by atoms with van der Waals surface area (Å²) in [6, 6.07) is 9.00. The van der Waals surface area contributed by atoms with Gasteiger partial charge in [-0.25, -0.2) is 4.98 Å². The van der Waals surface area contributed by atoms with E-state index in [1.165, 1.54) is 0 Å². The Morgan fingerprint density at radius 3 is 2.67 bits per heavy atom. The summed E-state index contributed by atoms with van der Waals surface area (Å²) in [6.45, 7) is 4.01. The molecule has 1 fully saturated rings. The quantitative estimate of drug-likeness (QED) is 0.603. The molecule has 0 bridgehead atoms. The van der Waals surface area contributed by atoms with Gasteiger partial charge in [-0.15, -0.1) is 0 Å². The maximum atomic E-state index is 12.9. The molecule has 0 aliphatic carbocycles. The number of aromatic nitrogens is 1. The molecule has 2 aromatic heterocycles. The lowest BCUT2D eigenvalue weighted by Gasteiger charge is -2.22. The lowest BCUT2D eigenvalue weighted by atomic mass is 10.2. The van der Waals surface area contributed by atoms with E-state index in [-0.39, 0.29) is 18.2 Å². The predicted molar refractivity (Wildman–Crippen MR) is 117 cm³/mol. The van der Waals surface area contributed by atoms with Crippen LogP contribution >= 0.6 is 22.9 Å². The first-order valence-corrected chi connectivity index (χ1v) is 11.2. The van der Waals surface area contributed by atoms with Crippen molar-refractivity contribution in [3.05, 3.63) is 63.1 Å². The van der Waals surface area contributed by atoms with Crippen molar-refractivity contribution in [3.63, 3.8) is 0 Å². The monoisotopic (exact) mass is 443 g/mol. The van der Waals surface area contributed by atoms with Gasteiger partial charge in [-0.1, -0.05) is 23.7 Å². The molecule has 3 aromatic rings. The number of hydrogen-bond donors (Lipinski definition) is 0. The highest BCUT2D eigenvalue weighted by atomic mass is 35.5. The molecule has 0 saturated carbocycles. The van der Waals surface area contributed by atoms with Gasteiger partial charge in [-0.2, -0.15) is 11.3 Å². The molecular formula is C22H22ClN3O3S.